The Labute approximate surface area is 115 Å². The lowest BCUT2D eigenvalue weighted by atomic mass is 10.2. The molecular formula is C15H24N2O2. The zero-order valence-corrected chi connectivity index (χ0v) is 12.1. The van der Waals surface area contributed by atoms with E-state index in [9.17, 15) is 9.90 Å². The maximum Gasteiger partial charge on any atom is 0.253 e. The van der Waals surface area contributed by atoms with E-state index in [0.717, 1.165) is 26.2 Å². The van der Waals surface area contributed by atoms with Gasteiger partial charge in [-0.2, -0.15) is 0 Å². The Morgan fingerprint density at radius 2 is 1.58 bits per heavy atom. The highest BCUT2D eigenvalue weighted by Gasteiger charge is 2.14. The first kappa shape index (κ1) is 15.5. The van der Waals surface area contributed by atoms with Crippen LogP contribution in [-0.4, -0.2) is 53.5 Å². The van der Waals surface area contributed by atoms with Crippen molar-refractivity contribution in [2.24, 2.45) is 0 Å². The van der Waals surface area contributed by atoms with E-state index in [1.165, 1.54) is 0 Å². The zero-order valence-electron chi connectivity index (χ0n) is 12.1. The second-order valence-electron chi connectivity index (χ2n) is 4.46. The van der Waals surface area contributed by atoms with Crippen molar-refractivity contribution in [3.8, 4) is 5.75 Å². The van der Waals surface area contributed by atoms with E-state index in [1.54, 1.807) is 24.3 Å². The van der Waals surface area contributed by atoms with Gasteiger partial charge in [0.1, 0.15) is 5.75 Å². The third kappa shape index (κ3) is 4.56. The van der Waals surface area contributed by atoms with Gasteiger partial charge in [-0.1, -0.05) is 13.8 Å². The summed E-state index contributed by atoms with van der Waals surface area (Å²) in [5, 5.41) is 9.24. The van der Waals surface area contributed by atoms with Gasteiger partial charge in [0, 0.05) is 25.2 Å². The first-order chi connectivity index (χ1) is 9.12. The molecule has 1 aromatic carbocycles. The number of aromatic hydroxyl groups is 1. The summed E-state index contributed by atoms with van der Waals surface area (Å²) in [5.74, 6) is 0.206. The van der Waals surface area contributed by atoms with Crippen LogP contribution in [0.2, 0.25) is 0 Å². The number of phenolic OH excluding ortho intramolecular Hbond substituents is 1. The van der Waals surface area contributed by atoms with Crippen LogP contribution >= 0.6 is 0 Å². The maximum atomic E-state index is 12.3. The standard InChI is InChI=1S/C15H24N2O2/c1-4-16(5-2)11-12-17(6-3)15(19)13-7-9-14(18)10-8-13/h7-10,18H,4-6,11-12H2,1-3H3. The lowest BCUT2D eigenvalue weighted by molar-refractivity contribution is 0.0747. The Bertz CT molecular complexity index is 386. The fourth-order valence-corrected chi connectivity index (χ4v) is 1.99. The number of rotatable bonds is 7. The molecule has 0 saturated heterocycles. The number of hydrogen-bond acceptors (Lipinski definition) is 3. The van der Waals surface area contributed by atoms with E-state index in [1.807, 2.05) is 11.8 Å². The molecular weight excluding hydrogens is 240 g/mol. The van der Waals surface area contributed by atoms with Gasteiger partial charge in [0.15, 0.2) is 0 Å². The average Bonchev–Trinajstić information content (AvgIpc) is 2.44. The van der Waals surface area contributed by atoms with Gasteiger partial charge < -0.3 is 14.9 Å². The maximum absolute atomic E-state index is 12.3. The second kappa shape index (κ2) is 7.79. The highest BCUT2D eigenvalue weighted by molar-refractivity contribution is 5.94. The molecule has 0 saturated carbocycles. The minimum Gasteiger partial charge on any atom is -0.508 e. The number of hydrogen-bond donors (Lipinski definition) is 1. The van der Waals surface area contributed by atoms with Crippen LogP contribution in [0.5, 0.6) is 5.75 Å². The summed E-state index contributed by atoms with van der Waals surface area (Å²) in [7, 11) is 0. The summed E-state index contributed by atoms with van der Waals surface area (Å²) in [5.41, 5.74) is 0.624. The Morgan fingerprint density at radius 1 is 1.00 bits per heavy atom. The van der Waals surface area contributed by atoms with Crippen molar-refractivity contribution in [2.45, 2.75) is 20.8 Å². The van der Waals surface area contributed by atoms with Crippen molar-refractivity contribution in [3.05, 3.63) is 29.8 Å². The average molecular weight is 264 g/mol. The monoisotopic (exact) mass is 264 g/mol. The van der Waals surface area contributed by atoms with Gasteiger partial charge in [0.25, 0.3) is 5.91 Å². The molecule has 1 rings (SSSR count). The van der Waals surface area contributed by atoms with Gasteiger partial charge in [0.05, 0.1) is 0 Å². The van der Waals surface area contributed by atoms with E-state index in [0.29, 0.717) is 12.1 Å². The highest BCUT2D eigenvalue weighted by Crippen LogP contribution is 2.11. The molecule has 0 aliphatic rings. The summed E-state index contributed by atoms with van der Waals surface area (Å²) in [6.07, 6.45) is 0. The summed E-state index contributed by atoms with van der Waals surface area (Å²) in [6, 6.07) is 6.42. The molecule has 1 aromatic rings. The smallest absolute Gasteiger partial charge is 0.253 e. The molecule has 1 N–H and O–H groups in total. The molecule has 0 unspecified atom stereocenters. The summed E-state index contributed by atoms with van der Waals surface area (Å²) in [6.45, 7) is 10.6. The first-order valence-corrected chi connectivity index (χ1v) is 6.93. The number of likely N-dealkylation sites (N-methyl/N-ethyl adjacent to an activating group) is 2. The fourth-order valence-electron chi connectivity index (χ4n) is 1.99. The number of phenols is 1. The van der Waals surface area contributed by atoms with Crippen LogP contribution in [-0.2, 0) is 0 Å². The number of amides is 1. The number of carbonyl (C=O) groups excluding carboxylic acids is 1. The van der Waals surface area contributed by atoms with E-state index in [4.69, 9.17) is 0 Å². The quantitative estimate of drug-likeness (QED) is 0.821. The number of benzene rings is 1. The minimum atomic E-state index is 0.0228. The van der Waals surface area contributed by atoms with E-state index >= 15 is 0 Å². The third-order valence-corrected chi connectivity index (χ3v) is 3.36. The molecule has 0 radical (unpaired) electrons. The molecule has 0 heterocycles. The van der Waals surface area contributed by atoms with Gasteiger partial charge >= 0.3 is 0 Å². The third-order valence-electron chi connectivity index (χ3n) is 3.36. The van der Waals surface area contributed by atoms with Crippen molar-refractivity contribution in [2.75, 3.05) is 32.7 Å². The van der Waals surface area contributed by atoms with Crippen molar-refractivity contribution < 1.29 is 9.90 Å². The summed E-state index contributed by atoms with van der Waals surface area (Å²) >= 11 is 0. The SMILES string of the molecule is CCN(CC)CCN(CC)C(=O)c1ccc(O)cc1. The molecule has 0 atom stereocenters. The lowest BCUT2D eigenvalue weighted by Gasteiger charge is -2.25. The van der Waals surface area contributed by atoms with Crippen molar-refractivity contribution in [3.63, 3.8) is 0 Å². The van der Waals surface area contributed by atoms with Crippen LogP contribution in [0.15, 0.2) is 24.3 Å². The molecule has 1 amide bonds. The number of nitrogens with zero attached hydrogens (tertiary/aromatic N) is 2. The van der Waals surface area contributed by atoms with Crippen LogP contribution in [0.1, 0.15) is 31.1 Å². The molecule has 0 aromatic heterocycles. The fraction of sp³-hybridized carbons (Fsp3) is 0.533. The first-order valence-electron chi connectivity index (χ1n) is 6.93. The van der Waals surface area contributed by atoms with Crippen LogP contribution in [0.25, 0.3) is 0 Å². The molecule has 19 heavy (non-hydrogen) atoms. The molecule has 106 valence electrons. The van der Waals surface area contributed by atoms with Gasteiger partial charge in [0.2, 0.25) is 0 Å². The van der Waals surface area contributed by atoms with E-state index in [-0.39, 0.29) is 11.7 Å². The summed E-state index contributed by atoms with van der Waals surface area (Å²) < 4.78 is 0. The van der Waals surface area contributed by atoms with Gasteiger partial charge in [-0.25, -0.2) is 0 Å². The summed E-state index contributed by atoms with van der Waals surface area (Å²) in [4.78, 5) is 16.4. The molecule has 0 aliphatic carbocycles. The van der Waals surface area contributed by atoms with E-state index in [2.05, 4.69) is 18.7 Å². The van der Waals surface area contributed by atoms with Gasteiger partial charge in [-0.3, -0.25) is 4.79 Å². The van der Waals surface area contributed by atoms with Crippen LogP contribution < -0.4 is 0 Å². The largest absolute Gasteiger partial charge is 0.508 e. The van der Waals surface area contributed by atoms with Gasteiger partial charge in [-0.15, -0.1) is 0 Å². The Balaban J connectivity index is 2.63. The van der Waals surface area contributed by atoms with Crippen LogP contribution in [0, 0.1) is 0 Å². The minimum absolute atomic E-state index is 0.0228. The Morgan fingerprint density at radius 3 is 2.05 bits per heavy atom. The molecule has 4 heteroatoms. The molecule has 0 aliphatic heterocycles. The highest BCUT2D eigenvalue weighted by atomic mass is 16.3. The number of carbonyl (C=O) groups is 1. The molecule has 0 fully saturated rings. The van der Waals surface area contributed by atoms with Gasteiger partial charge in [-0.05, 0) is 44.3 Å². The lowest BCUT2D eigenvalue weighted by Crippen LogP contribution is -2.38. The topological polar surface area (TPSA) is 43.8 Å². The predicted octanol–water partition coefficient (Wildman–Crippen LogP) is 2.20. The molecule has 0 bridgehead atoms. The molecule has 4 nitrogen and oxygen atoms in total. The van der Waals surface area contributed by atoms with E-state index < -0.39 is 0 Å². The molecule has 0 spiro atoms. The second-order valence-corrected chi connectivity index (χ2v) is 4.46. The van der Waals surface area contributed by atoms with Crippen molar-refractivity contribution in [1.82, 2.24) is 9.80 Å². The zero-order chi connectivity index (χ0) is 14.3. The van der Waals surface area contributed by atoms with Crippen LogP contribution in [0.4, 0.5) is 0 Å². The Kier molecular flexibility index (Phi) is 6.36. The van der Waals surface area contributed by atoms with Crippen molar-refractivity contribution in [1.29, 1.82) is 0 Å². The van der Waals surface area contributed by atoms with Crippen molar-refractivity contribution >= 4 is 5.91 Å². The Hall–Kier alpha value is -1.55. The van der Waals surface area contributed by atoms with Crippen LogP contribution in [0.3, 0.4) is 0 Å². The predicted molar refractivity (Wildman–Crippen MR) is 77.5 cm³/mol. The normalized spacial score (nSPS) is 10.7.